The topological polar surface area (TPSA) is 113 Å². The van der Waals surface area contributed by atoms with Gasteiger partial charge in [-0.05, 0) is 31.5 Å². The molecule has 2 aromatic heterocycles. The van der Waals surface area contributed by atoms with Crippen LogP contribution in [0.3, 0.4) is 0 Å². The molecule has 3 aromatic rings. The summed E-state index contributed by atoms with van der Waals surface area (Å²) >= 11 is 12.0. The molecule has 33 heavy (non-hydrogen) atoms. The van der Waals surface area contributed by atoms with Gasteiger partial charge in [0.2, 0.25) is 5.95 Å². The molecule has 9 nitrogen and oxygen atoms in total. The number of carbonyl (C=O) groups excluding carboxylic acids is 1. The summed E-state index contributed by atoms with van der Waals surface area (Å²) < 4.78 is 19.4. The minimum atomic E-state index is -0.941. The number of anilines is 2. The van der Waals surface area contributed by atoms with Crippen molar-refractivity contribution in [2.24, 2.45) is 0 Å². The van der Waals surface area contributed by atoms with E-state index in [-0.39, 0.29) is 18.4 Å². The Bertz CT molecular complexity index is 1180. The number of aliphatic hydroxyl groups is 1. The monoisotopic (exact) mass is 492 g/mol. The van der Waals surface area contributed by atoms with Gasteiger partial charge in [-0.1, -0.05) is 29.3 Å². The molecule has 3 atom stereocenters. The highest BCUT2D eigenvalue weighted by Crippen LogP contribution is 2.29. The van der Waals surface area contributed by atoms with Gasteiger partial charge in [-0.3, -0.25) is 0 Å². The van der Waals surface area contributed by atoms with Crippen molar-refractivity contribution in [2.45, 2.75) is 32.0 Å². The molecule has 172 valence electrons. The first-order chi connectivity index (χ1) is 15.7. The molecule has 12 heteroatoms. The van der Waals surface area contributed by atoms with E-state index in [9.17, 15) is 14.3 Å². The largest absolute Gasteiger partial charge is 0.447 e. The van der Waals surface area contributed by atoms with Crippen LogP contribution >= 0.6 is 23.2 Å². The fourth-order valence-corrected chi connectivity index (χ4v) is 3.57. The van der Waals surface area contributed by atoms with Gasteiger partial charge in [-0.25, -0.2) is 29.0 Å². The lowest BCUT2D eigenvalue weighted by atomic mass is 10.1. The molecule has 3 heterocycles. The predicted molar refractivity (Wildman–Crippen MR) is 121 cm³/mol. The molecule has 0 bridgehead atoms. The molecular formula is C21H19Cl2FN6O3. The molecule has 0 radical (unpaired) electrons. The van der Waals surface area contributed by atoms with Crippen molar-refractivity contribution in [3.63, 3.8) is 0 Å². The van der Waals surface area contributed by atoms with Crippen molar-refractivity contribution in [2.75, 3.05) is 16.8 Å². The molecule has 1 amide bonds. The van der Waals surface area contributed by atoms with E-state index < -0.39 is 30.1 Å². The second-order valence-corrected chi connectivity index (χ2v) is 8.26. The van der Waals surface area contributed by atoms with Gasteiger partial charge in [0.15, 0.2) is 11.6 Å². The molecule has 1 fully saturated rings. The van der Waals surface area contributed by atoms with E-state index in [2.05, 4.69) is 25.3 Å². The highest BCUT2D eigenvalue weighted by Gasteiger charge is 2.39. The summed E-state index contributed by atoms with van der Waals surface area (Å²) in [5.41, 5.74) is 1.56. The first kappa shape index (κ1) is 23.1. The summed E-state index contributed by atoms with van der Waals surface area (Å²) in [6.07, 6.45) is 2.49. The van der Waals surface area contributed by atoms with E-state index >= 15 is 0 Å². The van der Waals surface area contributed by atoms with E-state index in [0.29, 0.717) is 15.9 Å². The van der Waals surface area contributed by atoms with E-state index in [4.69, 9.17) is 27.9 Å². The number of ether oxygens (including phenoxy) is 1. The number of aromatic nitrogens is 4. The summed E-state index contributed by atoms with van der Waals surface area (Å²) in [7, 11) is 0. The Labute approximate surface area is 198 Å². The molecule has 1 aromatic carbocycles. The summed E-state index contributed by atoms with van der Waals surface area (Å²) in [5, 5.41) is 13.8. The quantitative estimate of drug-likeness (QED) is 0.524. The zero-order valence-electron chi connectivity index (χ0n) is 17.5. The third kappa shape index (κ3) is 4.82. The van der Waals surface area contributed by atoms with Gasteiger partial charge in [0.1, 0.15) is 18.5 Å². The standard InChI is InChI=1S/C21H19Cl2FN6O3/c1-10(18-25-6-13(7-26-18)12-3-4-14(22)15(23)5-12)28-20-27-8-16(24)19(29-20)30-17(11(2)31)9-33-21(30)32/h3-8,10-11,17,31H,9H2,1-2H3,(H,27,28,29)/t10-,11+,17?/m0/s1. The zero-order chi connectivity index (χ0) is 23.7. The normalized spacial score (nSPS) is 17.6. The Hall–Kier alpha value is -3.08. The van der Waals surface area contributed by atoms with Crippen molar-refractivity contribution < 1.29 is 19.0 Å². The Morgan fingerprint density at radius 1 is 1.15 bits per heavy atom. The molecule has 1 aliphatic rings. The van der Waals surface area contributed by atoms with Crippen LogP contribution in [0.25, 0.3) is 11.1 Å². The zero-order valence-corrected chi connectivity index (χ0v) is 19.0. The van der Waals surface area contributed by atoms with Gasteiger partial charge in [-0.2, -0.15) is 4.98 Å². The maximum Gasteiger partial charge on any atom is 0.416 e. The maximum absolute atomic E-state index is 14.4. The number of nitrogens with zero attached hydrogens (tertiary/aromatic N) is 5. The number of carbonyl (C=O) groups is 1. The lowest BCUT2D eigenvalue weighted by Crippen LogP contribution is -2.42. The van der Waals surface area contributed by atoms with Crippen LogP contribution in [0.2, 0.25) is 10.0 Å². The minimum absolute atomic E-state index is 0.0557. The van der Waals surface area contributed by atoms with Crippen molar-refractivity contribution in [1.82, 2.24) is 19.9 Å². The van der Waals surface area contributed by atoms with Gasteiger partial charge in [0.05, 0.1) is 28.4 Å². The lowest BCUT2D eigenvalue weighted by Gasteiger charge is -2.23. The van der Waals surface area contributed by atoms with E-state index in [1.165, 1.54) is 6.92 Å². The Morgan fingerprint density at radius 3 is 2.55 bits per heavy atom. The Morgan fingerprint density at radius 2 is 1.88 bits per heavy atom. The molecule has 1 unspecified atom stereocenters. The van der Waals surface area contributed by atoms with E-state index in [1.54, 1.807) is 31.5 Å². The average Bonchev–Trinajstić information content (AvgIpc) is 3.18. The number of hydrogen-bond donors (Lipinski definition) is 2. The molecule has 1 saturated heterocycles. The van der Waals surface area contributed by atoms with Crippen LogP contribution in [0.1, 0.15) is 25.7 Å². The molecule has 4 rings (SSSR count). The van der Waals surface area contributed by atoms with Crippen LogP contribution in [0.5, 0.6) is 0 Å². The number of nitrogens with one attached hydrogen (secondary N) is 1. The average molecular weight is 493 g/mol. The first-order valence-electron chi connectivity index (χ1n) is 9.95. The second-order valence-electron chi connectivity index (χ2n) is 7.44. The highest BCUT2D eigenvalue weighted by atomic mass is 35.5. The molecule has 1 aliphatic heterocycles. The van der Waals surface area contributed by atoms with Crippen molar-refractivity contribution >= 4 is 41.1 Å². The van der Waals surface area contributed by atoms with Gasteiger partial charge >= 0.3 is 6.09 Å². The van der Waals surface area contributed by atoms with Gasteiger partial charge < -0.3 is 15.2 Å². The van der Waals surface area contributed by atoms with Crippen LogP contribution in [0.4, 0.5) is 21.0 Å². The highest BCUT2D eigenvalue weighted by molar-refractivity contribution is 6.42. The molecule has 0 saturated carbocycles. The fraction of sp³-hybridized carbons (Fsp3) is 0.286. The number of amides is 1. The van der Waals surface area contributed by atoms with Crippen LogP contribution in [0, 0.1) is 5.82 Å². The molecule has 2 N–H and O–H groups in total. The number of halogens is 3. The van der Waals surface area contributed by atoms with Crippen molar-refractivity contribution in [1.29, 1.82) is 0 Å². The Balaban J connectivity index is 1.53. The summed E-state index contributed by atoms with van der Waals surface area (Å²) in [5.74, 6) is -0.611. The van der Waals surface area contributed by atoms with E-state index in [0.717, 1.165) is 22.2 Å². The lowest BCUT2D eigenvalue weighted by molar-refractivity contribution is 0.142. The summed E-state index contributed by atoms with van der Waals surface area (Å²) in [4.78, 5) is 29.9. The number of rotatable bonds is 6. The number of hydrogen-bond acceptors (Lipinski definition) is 8. The Kier molecular flexibility index (Phi) is 6.59. The number of aliphatic hydroxyl groups excluding tert-OH is 1. The van der Waals surface area contributed by atoms with Crippen LogP contribution < -0.4 is 10.2 Å². The van der Waals surface area contributed by atoms with E-state index in [1.807, 2.05) is 6.07 Å². The SMILES string of the molecule is C[C@H](Nc1ncc(F)c(N2C(=O)OCC2[C@@H](C)O)n1)c1ncc(-c2ccc(Cl)c(Cl)c2)cn1. The van der Waals surface area contributed by atoms with Crippen LogP contribution in [0.15, 0.2) is 36.8 Å². The molecular weight excluding hydrogens is 474 g/mol. The fourth-order valence-electron chi connectivity index (χ4n) is 3.28. The summed E-state index contributed by atoms with van der Waals surface area (Å²) in [6, 6.07) is 4.03. The first-order valence-corrected chi connectivity index (χ1v) is 10.7. The molecule has 0 aliphatic carbocycles. The minimum Gasteiger partial charge on any atom is -0.447 e. The van der Waals surface area contributed by atoms with Crippen LogP contribution in [-0.4, -0.2) is 49.9 Å². The van der Waals surface area contributed by atoms with Crippen molar-refractivity contribution in [3.8, 4) is 11.1 Å². The molecule has 0 spiro atoms. The number of benzene rings is 1. The predicted octanol–water partition coefficient (Wildman–Crippen LogP) is 4.26. The maximum atomic E-state index is 14.4. The second kappa shape index (κ2) is 9.42. The van der Waals surface area contributed by atoms with Crippen LogP contribution in [-0.2, 0) is 4.74 Å². The van der Waals surface area contributed by atoms with Crippen molar-refractivity contribution in [3.05, 3.63) is 58.5 Å². The van der Waals surface area contributed by atoms with Gasteiger partial charge in [-0.15, -0.1) is 0 Å². The van der Waals surface area contributed by atoms with Gasteiger partial charge in [0, 0.05) is 18.0 Å². The third-order valence-corrected chi connectivity index (χ3v) is 5.81. The summed E-state index contributed by atoms with van der Waals surface area (Å²) in [6.45, 7) is 3.19. The van der Waals surface area contributed by atoms with Gasteiger partial charge in [0.25, 0.3) is 0 Å². The third-order valence-electron chi connectivity index (χ3n) is 5.07. The smallest absolute Gasteiger partial charge is 0.416 e. The number of cyclic esters (lactones) is 1.